The van der Waals surface area contributed by atoms with Gasteiger partial charge in [-0.1, -0.05) is 12.1 Å². The van der Waals surface area contributed by atoms with Crippen molar-refractivity contribution in [1.82, 2.24) is 4.98 Å². The minimum Gasteiger partial charge on any atom is -0.489 e. The van der Waals surface area contributed by atoms with E-state index in [2.05, 4.69) is 4.98 Å². The maximum absolute atomic E-state index is 12.1. The zero-order valence-corrected chi connectivity index (χ0v) is 16.7. The normalized spacial score (nSPS) is 10.7. The van der Waals surface area contributed by atoms with E-state index in [0.29, 0.717) is 22.6 Å². The van der Waals surface area contributed by atoms with Crippen LogP contribution in [0, 0.1) is 6.92 Å². The number of aryl methyl sites for hydroxylation is 1. The van der Waals surface area contributed by atoms with Crippen LogP contribution in [0.3, 0.4) is 0 Å². The lowest BCUT2D eigenvalue weighted by Gasteiger charge is -2.08. The molecule has 156 valence electrons. The molecule has 0 atom stereocenters. The van der Waals surface area contributed by atoms with Gasteiger partial charge in [0.2, 0.25) is 5.78 Å². The summed E-state index contributed by atoms with van der Waals surface area (Å²) in [6.07, 6.45) is 1.63. The number of Topliss-reactive ketones (excluding diaryl/α,β-unsaturated/α-hetero) is 1. The predicted molar refractivity (Wildman–Crippen MR) is 113 cm³/mol. The molecule has 0 saturated carbocycles. The highest BCUT2D eigenvalue weighted by Crippen LogP contribution is 2.23. The van der Waals surface area contributed by atoms with E-state index in [1.165, 1.54) is 6.07 Å². The lowest BCUT2D eigenvalue weighted by atomic mass is 10.1. The van der Waals surface area contributed by atoms with Gasteiger partial charge in [0.25, 0.3) is 0 Å². The number of ketones is 1. The van der Waals surface area contributed by atoms with Crippen LogP contribution in [0.25, 0.3) is 11.0 Å². The van der Waals surface area contributed by atoms with Gasteiger partial charge in [-0.05, 0) is 54.4 Å². The first-order chi connectivity index (χ1) is 15.0. The molecule has 2 aromatic heterocycles. The molecule has 0 radical (unpaired) electrons. The van der Waals surface area contributed by atoms with Crippen molar-refractivity contribution in [2.45, 2.75) is 13.5 Å². The van der Waals surface area contributed by atoms with Gasteiger partial charge in [0.05, 0.1) is 11.3 Å². The highest BCUT2D eigenvalue weighted by molar-refractivity contribution is 5.98. The minimum absolute atomic E-state index is 0.266. The van der Waals surface area contributed by atoms with E-state index in [-0.39, 0.29) is 19.0 Å². The van der Waals surface area contributed by atoms with Crippen molar-refractivity contribution in [2.75, 3.05) is 6.61 Å². The first kappa shape index (κ1) is 20.2. The number of benzene rings is 2. The molecule has 4 rings (SSSR count). The first-order valence-electron chi connectivity index (χ1n) is 9.59. The number of aromatic amines is 1. The summed E-state index contributed by atoms with van der Waals surface area (Å²) in [7, 11) is 0. The average Bonchev–Trinajstić information content (AvgIpc) is 3.31. The molecule has 0 aliphatic rings. The molecule has 4 aromatic rings. The molecule has 0 aliphatic heterocycles. The van der Waals surface area contributed by atoms with Crippen LogP contribution in [-0.4, -0.2) is 23.3 Å². The number of nitrogens with one attached hydrogen (secondary N) is 1. The number of carbonyl (C=O) groups excluding carboxylic acids is 2. The Balaban J connectivity index is 1.35. The molecule has 2 heterocycles. The molecule has 0 saturated heterocycles. The fraction of sp³-hybridized carbons (Fsp3) is 0.125. The number of aromatic nitrogens is 1. The SMILES string of the molecule is Cc1cc(=O)oc2cc(OCc3ccc(C(=O)OCC(=O)c4ccc[nH]4)cc3)ccc12. The second-order valence-corrected chi connectivity index (χ2v) is 6.98. The van der Waals surface area contributed by atoms with Crippen LogP contribution in [0.2, 0.25) is 0 Å². The van der Waals surface area contributed by atoms with Crippen LogP contribution in [0.1, 0.15) is 32.0 Å². The summed E-state index contributed by atoms with van der Waals surface area (Å²) in [5, 5.41) is 0.851. The third-order valence-electron chi connectivity index (χ3n) is 4.75. The van der Waals surface area contributed by atoms with Gasteiger partial charge in [-0.2, -0.15) is 0 Å². The third kappa shape index (κ3) is 4.72. The number of carbonyl (C=O) groups is 2. The number of esters is 1. The predicted octanol–water partition coefficient (Wildman–Crippen LogP) is 4.05. The van der Waals surface area contributed by atoms with Gasteiger partial charge >= 0.3 is 11.6 Å². The molecule has 2 aromatic carbocycles. The smallest absolute Gasteiger partial charge is 0.338 e. The molecule has 0 unspecified atom stereocenters. The highest BCUT2D eigenvalue weighted by Gasteiger charge is 2.12. The topological polar surface area (TPSA) is 98.6 Å². The van der Waals surface area contributed by atoms with E-state index in [9.17, 15) is 14.4 Å². The number of hydrogen-bond donors (Lipinski definition) is 1. The Bertz CT molecular complexity index is 1290. The monoisotopic (exact) mass is 417 g/mol. The first-order valence-corrected chi connectivity index (χ1v) is 9.59. The van der Waals surface area contributed by atoms with Gasteiger partial charge < -0.3 is 18.9 Å². The van der Waals surface area contributed by atoms with Crippen molar-refractivity contribution in [3.63, 3.8) is 0 Å². The molecular weight excluding hydrogens is 398 g/mol. The van der Waals surface area contributed by atoms with E-state index in [1.54, 1.807) is 48.7 Å². The highest BCUT2D eigenvalue weighted by atomic mass is 16.5. The lowest BCUT2D eigenvalue weighted by molar-refractivity contribution is 0.0473. The van der Waals surface area contributed by atoms with Gasteiger partial charge in [-0.15, -0.1) is 0 Å². The summed E-state index contributed by atoms with van der Waals surface area (Å²) in [5.41, 5.74) is 2.47. The van der Waals surface area contributed by atoms with Crippen LogP contribution in [0.15, 0.2) is 76.1 Å². The van der Waals surface area contributed by atoms with Crippen LogP contribution in [0.5, 0.6) is 5.75 Å². The van der Waals surface area contributed by atoms with E-state index >= 15 is 0 Å². The number of H-pyrrole nitrogens is 1. The Morgan fingerprint density at radius 1 is 1.03 bits per heavy atom. The van der Waals surface area contributed by atoms with Gasteiger partial charge in [0, 0.05) is 23.7 Å². The molecular formula is C24H19NO6. The molecule has 1 N–H and O–H groups in total. The van der Waals surface area contributed by atoms with Crippen LogP contribution < -0.4 is 10.4 Å². The summed E-state index contributed by atoms with van der Waals surface area (Å²) in [5.74, 6) is -0.315. The van der Waals surface area contributed by atoms with Crippen LogP contribution in [-0.2, 0) is 11.3 Å². The number of fused-ring (bicyclic) bond motifs is 1. The minimum atomic E-state index is -0.577. The summed E-state index contributed by atoms with van der Waals surface area (Å²) in [6, 6.07) is 16.8. The Morgan fingerprint density at radius 2 is 1.84 bits per heavy atom. The standard InChI is InChI=1S/C24H19NO6/c1-15-11-23(27)31-22-12-18(8-9-19(15)22)29-13-16-4-6-17(7-5-16)24(28)30-14-21(26)20-3-2-10-25-20/h2-12,25H,13-14H2,1H3. The van der Waals surface area contributed by atoms with Crippen molar-refractivity contribution in [1.29, 1.82) is 0 Å². The zero-order valence-electron chi connectivity index (χ0n) is 16.7. The van der Waals surface area contributed by atoms with E-state index in [0.717, 1.165) is 16.5 Å². The summed E-state index contributed by atoms with van der Waals surface area (Å²) in [4.78, 5) is 38.4. The lowest BCUT2D eigenvalue weighted by Crippen LogP contribution is -2.14. The maximum atomic E-state index is 12.1. The van der Waals surface area contributed by atoms with Gasteiger partial charge in [-0.3, -0.25) is 4.79 Å². The van der Waals surface area contributed by atoms with Crippen LogP contribution in [0.4, 0.5) is 0 Å². The molecule has 7 heteroatoms. The Kier molecular flexibility index (Phi) is 5.66. The number of rotatable bonds is 7. The Hall–Kier alpha value is -4.13. The van der Waals surface area contributed by atoms with Crippen molar-refractivity contribution >= 4 is 22.7 Å². The molecule has 31 heavy (non-hydrogen) atoms. The average molecular weight is 417 g/mol. The molecule has 0 spiro atoms. The Morgan fingerprint density at radius 3 is 2.58 bits per heavy atom. The molecule has 0 aliphatic carbocycles. The van der Waals surface area contributed by atoms with Crippen molar-refractivity contribution < 1.29 is 23.5 Å². The van der Waals surface area contributed by atoms with E-state index < -0.39 is 11.6 Å². The van der Waals surface area contributed by atoms with Gasteiger partial charge in [-0.25, -0.2) is 9.59 Å². The number of ether oxygens (including phenoxy) is 2. The van der Waals surface area contributed by atoms with Gasteiger partial charge in [0.15, 0.2) is 6.61 Å². The second kappa shape index (κ2) is 8.71. The molecule has 7 nitrogen and oxygen atoms in total. The fourth-order valence-electron chi connectivity index (χ4n) is 3.09. The van der Waals surface area contributed by atoms with E-state index in [1.807, 2.05) is 19.1 Å². The van der Waals surface area contributed by atoms with Crippen LogP contribution >= 0.6 is 0 Å². The summed E-state index contributed by atoms with van der Waals surface area (Å²) < 4.78 is 16.1. The van der Waals surface area contributed by atoms with Gasteiger partial charge in [0.1, 0.15) is 17.9 Å². The maximum Gasteiger partial charge on any atom is 0.338 e. The molecule has 0 bridgehead atoms. The summed E-state index contributed by atoms with van der Waals surface area (Å²) >= 11 is 0. The molecule has 0 fully saturated rings. The van der Waals surface area contributed by atoms with E-state index in [4.69, 9.17) is 13.9 Å². The van der Waals surface area contributed by atoms with Crippen molar-refractivity contribution in [2.24, 2.45) is 0 Å². The molecule has 0 amide bonds. The quantitative estimate of drug-likeness (QED) is 0.277. The summed E-state index contributed by atoms with van der Waals surface area (Å²) in [6.45, 7) is 1.78. The number of hydrogen-bond acceptors (Lipinski definition) is 6. The van der Waals surface area contributed by atoms with Crippen molar-refractivity contribution in [3.8, 4) is 5.75 Å². The second-order valence-electron chi connectivity index (χ2n) is 6.98. The third-order valence-corrected chi connectivity index (χ3v) is 4.75. The zero-order chi connectivity index (χ0) is 21.8. The van der Waals surface area contributed by atoms with Crippen molar-refractivity contribution in [3.05, 3.63) is 99.7 Å². The Labute approximate surface area is 177 Å². The largest absolute Gasteiger partial charge is 0.489 e. The fourth-order valence-corrected chi connectivity index (χ4v) is 3.09.